The second-order valence-electron chi connectivity index (χ2n) is 10.7. The number of fused-ring (bicyclic) bond motifs is 1. The standard InChI is InChI=1S/C33H35ClN4O/c1-35-17-8-15-31(35)32-30(24-36-19-21-37(22-20-36)27-12-7-11-26(34)23-27)28-13-5-6-14-29(28)33(39)38(32)18-16-25-9-3-2-4-10-25/h2-15,17,23,30,32H,16,18-22,24H2,1H3/t30-,32-/m0/s1. The van der Waals surface area contributed by atoms with Gasteiger partial charge in [0.15, 0.2) is 0 Å². The van der Waals surface area contributed by atoms with E-state index in [9.17, 15) is 4.79 Å². The lowest BCUT2D eigenvalue weighted by atomic mass is 9.80. The highest BCUT2D eigenvalue weighted by atomic mass is 35.5. The van der Waals surface area contributed by atoms with Crippen LogP contribution < -0.4 is 4.90 Å². The number of aryl methyl sites for hydroxylation is 1. The van der Waals surface area contributed by atoms with Crippen molar-refractivity contribution in [3.63, 3.8) is 0 Å². The second-order valence-corrected chi connectivity index (χ2v) is 11.1. The fourth-order valence-corrected chi connectivity index (χ4v) is 6.49. The van der Waals surface area contributed by atoms with Gasteiger partial charge in [-0.2, -0.15) is 0 Å². The summed E-state index contributed by atoms with van der Waals surface area (Å²) in [4.78, 5) is 21.1. The number of anilines is 1. The maximum atomic E-state index is 14.0. The highest BCUT2D eigenvalue weighted by Gasteiger charge is 2.42. The van der Waals surface area contributed by atoms with Gasteiger partial charge in [0.25, 0.3) is 5.91 Å². The summed E-state index contributed by atoms with van der Waals surface area (Å²) in [6, 6.07) is 31.1. The van der Waals surface area contributed by atoms with Crippen LogP contribution in [0.1, 0.15) is 39.1 Å². The van der Waals surface area contributed by atoms with Gasteiger partial charge in [-0.1, -0.05) is 66.2 Å². The predicted molar refractivity (Wildman–Crippen MR) is 159 cm³/mol. The molecule has 4 aromatic rings. The monoisotopic (exact) mass is 538 g/mol. The minimum Gasteiger partial charge on any atom is -0.369 e. The van der Waals surface area contributed by atoms with E-state index in [0.29, 0.717) is 6.54 Å². The van der Waals surface area contributed by atoms with Crippen molar-refractivity contribution in [3.05, 3.63) is 125 Å². The van der Waals surface area contributed by atoms with Crippen LogP contribution in [0.2, 0.25) is 5.02 Å². The molecule has 0 bridgehead atoms. The van der Waals surface area contributed by atoms with E-state index in [1.165, 1.54) is 22.5 Å². The van der Waals surface area contributed by atoms with Crippen LogP contribution >= 0.6 is 11.6 Å². The summed E-state index contributed by atoms with van der Waals surface area (Å²) in [7, 11) is 2.09. The molecule has 1 aromatic heterocycles. The zero-order chi connectivity index (χ0) is 26.8. The maximum absolute atomic E-state index is 14.0. The second kappa shape index (κ2) is 11.3. The average Bonchev–Trinajstić information content (AvgIpc) is 3.40. The van der Waals surface area contributed by atoms with Crippen molar-refractivity contribution in [2.45, 2.75) is 18.4 Å². The van der Waals surface area contributed by atoms with Gasteiger partial charge in [0, 0.05) is 80.4 Å². The third kappa shape index (κ3) is 5.34. The lowest BCUT2D eigenvalue weighted by Crippen LogP contribution is -2.51. The molecule has 6 rings (SSSR count). The molecule has 2 aliphatic rings. The Morgan fingerprint density at radius 3 is 2.36 bits per heavy atom. The molecular weight excluding hydrogens is 504 g/mol. The lowest BCUT2D eigenvalue weighted by Gasteiger charge is -2.45. The third-order valence-electron chi connectivity index (χ3n) is 8.34. The first kappa shape index (κ1) is 25.7. The molecule has 3 heterocycles. The third-order valence-corrected chi connectivity index (χ3v) is 8.58. The number of hydrogen-bond acceptors (Lipinski definition) is 3. The minimum atomic E-state index is -0.0259. The van der Waals surface area contributed by atoms with Crippen molar-refractivity contribution in [2.24, 2.45) is 7.05 Å². The van der Waals surface area contributed by atoms with Gasteiger partial charge in [0.05, 0.1) is 6.04 Å². The van der Waals surface area contributed by atoms with Crippen LogP contribution in [0.5, 0.6) is 0 Å². The van der Waals surface area contributed by atoms with E-state index in [0.717, 1.165) is 49.7 Å². The zero-order valence-electron chi connectivity index (χ0n) is 22.4. The Morgan fingerprint density at radius 1 is 0.846 bits per heavy atom. The summed E-state index contributed by atoms with van der Waals surface area (Å²) in [5.74, 6) is 0.316. The molecule has 0 unspecified atom stereocenters. The molecule has 1 saturated heterocycles. The van der Waals surface area contributed by atoms with E-state index in [2.05, 4.69) is 93.2 Å². The molecule has 39 heavy (non-hydrogen) atoms. The molecule has 5 nitrogen and oxygen atoms in total. The zero-order valence-corrected chi connectivity index (χ0v) is 23.2. The number of hydrogen-bond donors (Lipinski definition) is 0. The van der Waals surface area contributed by atoms with Gasteiger partial charge in [-0.3, -0.25) is 9.69 Å². The minimum absolute atomic E-state index is 0.0259. The first-order valence-electron chi connectivity index (χ1n) is 13.9. The number of amides is 1. The quantitative estimate of drug-likeness (QED) is 0.288. The maximum Gasteiger partial charge on any atom is 0.254 e. The summed E-state index contributed by atoms with van der Waals surface area (Å²) in [6.45, 7) is 5.46. The first-order chi connectivity index (χ1) is 19.1. The molecule has 0 N–H and O–H groups in total. The van der Waals surface area contributed by atoms with Crippen LogP contribution in [0.15, 0.2) is 97.2 Å². The normalized spacial score (nSPS) is 19.8. The molecule has 0 saturated carbocycles. The highest BCUT2D eigenvalue weighted by Crippen LogP contribution is 2.43. The van der Waals surface area contributed by atoms with Crippen LogP contribution in [0, 0.1) is 0 Å². The van der Waals surface area contributed by atoms with Gasteiger partial charge in [-0.05, 0) is 53.9 Å². The lowest BCUT2D eigenvalue weighted by molar-refractivity contribution is 0.0569. The van der Waals surface area contributed by atoms with Crippen LogP contribution in [0.3, 0.4) is 0 Å². The Labute approximate surface area is 236 Å². The Hall–Kier alpha value is -3.54. The van der Waals surface area contributed by atoms with Crippen molar-refractivity contribution in [1.29, 1.82) is 0 Å². The Bertz CT molecular complexity index is 1430. The summed E-state index contributed by atoms with van der Waals surface area (Å²) in [6.07, 6.45) is 2.93. The van der Waals surface area contributed by atoms with Crippen molar-refractivity contribution < 1.29 is 4.79 Å². The molecule has 2 aliphatic heterocycles. The number of piperazine rings is 1. The van der Waals surface area contributed by atoms with Crippen molar-refractivity contribution in [3.8, 4) is 0 Å². The van der Waals surface area contributed by atoms with E-state index >= 15 is 0 Å². The van der Waals surface area contributed by atoms with Gasteiger partial charge >= 0.3 is 0 Å². The van der Waals surface area contributed by atoms with Gasteiger partial charge in [-0.25, -0.2) is 0 Å². The van der Waals surface area contributed by atoms with Crippen LogP contribution in [0.25, 0.3) is 0 Å². The Kier molecular flexibility index (Phi) is 7.45. The van der Waals surface area contributed by atoms with Crippen LogP contribution in [-0.4, -0.2) is 59.5 Å². The number of nitrogens with zero attached hydrogens (tertiary/aromatic N) is 4. The number of rotatable bonds is 7. The number of halogens is 1. The summed E-state index contributed by atoms with van der Waals surface area (Å²) in [5.41, 5.74) is 5.64. The molecule has 0 radical (unpaired) electrons. The summed E-state index contributed by atoms with van der Waals surface area (Å²) in [5, 5.41) is 0.777. The molecule has 200 valence electrons. The molecule has 6 heteroatoms. The topological polar surface area (TPSA) is 31.7 Å². The van der Waals surface area contributed by atoms with Gasteiger partial charge < -0.3 is 14.4 Å². The fraction of sp³-hybridized carbons (Fsp3) is 0.303. The number of carbonyl (C=O) groups excluding carboxylic acids is 1. The van der Waals surface area contributed by atoms with E-state index < -0.39 is 0 Å². The summed E-state index contributed by atoms with van der Waals surface area (Å²) >= 11 is 6.27. The van der Waals surface area contributed by atoms with Crippen molar-refractivity contribution in [2.75, 3.05) is 44.2 Å². The average molecular weight is 539 g/mol. The molecule has 1 amide bonds. The fourth-order valence-electron chi connectivity index (χ4n) is 6.30. The van der Waals surface area contributed by atoms with Gasteiger partial charge in [0.1, 0.15) is 0 Å². The first-order valence-corrected chi connectivity index (χ1v) is 14.2. The SMILES string of the molecule is Cn1cccc1[C@@H]1[C@@H](CN2CCN(c3cccc(Cl)c3)CC2)c2ccccc2C(=O)N1CCc1ccccc1. The van der Waals surface area contributed by atoms with Crippen molar-refractivity contribution in [1.82, 2.24) is 14.4 Å². The molecular formula is C33H35ClN4O. The van der Waals surface area contributed by atoms with E-state index in [1.54, 1.807) is 0 Å². The Morgan fingerprint density at radius 2 is 1.62 bits per heavy atom. The summed E-state index contributed by atoms with van der Waals surface area (Å²) < 4.78 is 2.19. The van der Waals surface area contributed by atoms with Gasteiger partial charge in [0.2, 0.25) is 0 Å². The van der Waals surface area contributed by atoms with Gasteiger partial charge in [-0.15, -0.1) is 0 Å². The number of aromatic nitrogens is 1. The van der Waals surface area contributed by atoms with E-state index in [1.807, 2.05) is 30.3 Å². The highest BCUT2D eigenvalue weighted by molar-refractivity contribution is 6.30. The van der Waals surface area contributed by atoms with Crippen LogP contribution in [-0.2, 0) is 13.5 Å². The molecule has 0 spiro atoms. The van der Waals surface area contributed by atoms with E-state index in [-0.39, 0.29) is 17.9 Å². The van der Waals surface area contributed by atoms with E-state index in [4.69, 9.17) is 11.6 Å². The number of carbonyl (C=O) groups is 1. The molecule has 2 atom stereocenters. The van der Waals surface area contributed by atoms with Crippen molar-refractivity contribution >= 4 is 23.2 Å². The molecule has 0 aliphatic carbocycles. The Balaban J connectivity index is 1.29. The number of benzene rings is 3. The molecule has 1 fully saturated rings. The largest absolute Gasteiger partial charge is 0.369 e. The van der Waals surface area contributed by atoms with Crippen LogP contribution in [0.4, 0.5) is 5.69 Å². The molecule has 3 aromatic carbocycles. The smallest absolute Gasteiger partial charge is 0.254 e. The predicted octanol–water partition coefficient (Wildman–Crippen LogP) is 6.02.